The quantitative estimate of drug-likeness (QED) is 0.762. The summed E-state index contributed by atoms with van der Waals surface area (Å²) in [7, 11) is 0. The zero-order chi connectivity index (χ0) is 9.47. The van der Waals surface area contributed by atoms with Gasteiger partial charge in [-0.15, -0.1) is 11.3 Å². The molecule has 1 saturated carbocycles. The van der Waals surface area contributed by atoms with Crippen LogP contribution in [0.4, 0.5) is 0 Å². The molecule has 1 fully saturated rings. The Kier molecular flexibility index (Phi) is 2.14. The van der Waals surface area contributed by atoms with Crippen LogP contribution in [0.3, 0.4) is 0 Å². The molecule has 1 aromatic heterocycles. The molecule has 1 aliphatic carbocycles. The number of aliphatic hydroxyl groups is 1. The zero-order valence-corrected chi connectivity index (χ0v) is 8.47. The Hall–Kier alpha value is -0.450. The highest BCUT2D eigenvalue weighted by molar-refractivity contribution is 7.09. The molecule has 13 heavy (non-hydrogen) atoms. The van der Waals surface area contributed by atoms with Crippen LogP contribution >= 0.6 is 11.3 Å². The van der Waals surface area contributed by atoms with Crippen molar-refractivity contribution in [3.8, 4) is 0 Å². The molecule has 1 unspecified atom stereocenters. The maximum atomic E-state index is 10.3. The standard InChI is InChI=1S/C9H14N2OS/c1-6-11-8(4-13-6)9(12,5-10)7-2-3-7/h4,7,12H,2-3,5,10H2,1H3. The molecule has 1 aliphatic rings. The lowest BCUT2D eigenvalue weighted by molar-refractivity contribution is 0.0184. The van der Waals surface area contributed by atoms with Crippen molar-refractivity contribution in [2.75, 3.05) is 6.54 Å². The van der Waals surface area contributed by atoms with E-state index in [4.69, 9.17) is 5.73 Å². The van der Waals surface area contributed by atoms with Gasteiger partial charge in [0.1, 0.15) is 5.60 Å². The Morgan fingerprint density at radius 1 is 1.77 bits per heavy atom. The maximum Gasteiger partial charge on any atom is 0.122 e. The van der Waals surface area contributed by atoms with E-state index in [0.29, 0.717) is 5.92 Å². The molecule has 0 aliphatic heterocycles. The monoisotopic (exact) mass is 198 g/mol. The van der Waals surface area contributed by atoms with Crippen LogP contribution < -0.4 is 5.73 Å². The number of hydrogen-bond acceptors (Lipinski definition) is 4. The minimum Gasteiger partial charge on any atom is -0.382 e. The van der Waals surface area contributed by atoms with Gasteiger partial charge in [0.25, 0.3) is 0 Å². The molecule has 0 amide bonds. The Balaban J connectivity index is 2.29. The lowest BCUT2D eigenvalue weighted by Crippen LogP contribution is -2.37. The van der Waals surface area contributed by atoms with Gasteiger partial charge >= 0.3 is 0 Å². The first-order valence-electron chi connectivity index (χ1n) is 4.52. The minimum absolute atomic E-state index is 0.279. The fourth-order valence-corrected chi connectivity index (χ4v) is 2.29. The van der Waals surface area contributed by atoms with Gasteiger partial charge < -0.3 is 10.8 Å². The lowest BCUT2D eigenvalue weighted by atomic mass is 9.95. The van der Waals surface area contributed by atoms with Gasteiger partial charge in [0.2, 0.25) is 0 Å². The van der Waals surface area contributed by atoms with Gasteiger partial charge in [0.05, 0.1) is 10.7 Å². The second kappa shape index (κ2) is 3.04. The highest BCUT2D eigenvalue weighted by atomic mass is 32.1. The summed E-state index contributed by atoms with van der Waals surface area (Å²) in [5.41, 5.74) is 5.51. The van der Waals surface area contributed by atoms with Gasteiger partial charge in [0, 0.05) is 11.9 Å². The van der Waals surface area contributed by atoms with Gasteiger partial charge in [-0.3, -0.25) is 0 Å². The van der Waals surface area contributed by atoms with E-state index in [1.54, 1.807) is 11.3 Å². The van der Waals surface area contributed by atoms with Crippen molar-refractivity contribution in [2.45, 2.75) is 25.4 Å². The van der Waals surface area contributed by atoms with Crippen LogP contribution in [0.2, 0.25) is 0 Å². The molecular formula is C9H14N2OS. The van der Waals surface area contributed by atoms with E-state index in [1.165, 1.54) is 0 Å². The Morgan fingerprint density at radius 2 is 2.46 bits per heavy atom. The smallest absolute Gasteiger partial charge is 0.122 e. The summed E-state index contributed by atoms with van der Waals surface area (Å²) in [6.07, 6.45) is 2.15. The third kappa shape index (κ3) is 1.49. The molecule has 0 radical (unpaired) electrons. The van der Waals surface area contributed by atoms with Crippen molar-refractivity contribution in [1.29, 1.82) is 0 Å². The number of aryl methyl sites for hydroxylation is 1. The van der Waals surface area contributed by atoms with Gasteiger partial charge in [-0.1, -0.05) is 0 Å². The Bertz CT molecular complexity index is 308. The summed E-state index contributed by atoms with van der Waals surface area (Å²) >= 11 is 1.57. The third-order valence-electron chi connectivity index (χ3n) is 2.63. The molecule has 3 nitrogen and oxygen atoms in total. The number of nitrogens with two attached hydrogens (primary N) is 1. The fraction of sp³-hybridized carbons (Fsp3) is 0.667. The van der Waals surface area contributed by atoms with Crippen LogP contribution in [0.1, 0.15) is 23.5 Å². The molecule has 0 spiro atoms. The Labute approximate surface area is 81.6 Å². The van der Waals surface area contributed by atoms with E-state index in [1.807, 2.05) is 12.3 Å². The van der Waals surface area contributed by atoms with E-state index in [0.717, 1.165) is 23.5 Å². The van der Waals surface area contributed by atoms with Crippen LogP contribution in [-0.4, -0.2) is 16.6 Å². The van der Waals surface area contributed by atoms with Crippen LogP contribution in [0.25, 0.3) is 0 Å². The highest BCUT2D eigenvalue weighted by Crippen LogP contribution is 2.45. The van der Waals surface area contributed by atoms with Gasteiger partial charge in [0.15, 0.2) is 0 Å². The molecule has 0 saturated heterocycles. The van der Waals surface area contributed by atoms with Gasteiger partial charge in [-0.2, -0.15) is 0 Å². The normalized spacial score (nSPS) is 21.5. The largest absolute Gasteiger partial charge is 0.382 e. The number of hydrogen-bond donors (Lipinski definition) is 2. The van der Waals surface area contributed by atoms with Crippen molar-refractivity contribution in [3.63, 3.8) is 0 Å². The minimum atomic E-state index is -0.856. The predicted molar refractivity (Wildman–Crippen MR) is 52.5 cm³/mol. The topological polar surface area (TPSA) is 59.1 Å². The molecule has 1 aromatic rings. The highest BCUT2D eigenvalue weighted by Gasteiger charge is 2.45. The first kappa shape index (κ1) is 9.12. The van der Waals surface area contributed by atoms with Crippen molar-refractivity contribution in [3.05, 3.63) is 16.1 Å². The summed E-state index contributed by atoms with van der Waals surface area (Å²) in [5.74, 6) is 0.332. The van der Waals surface area contributed by atoms with Crippen LogP contribution in [0.15, 0.2) is 5.38 Å². The second-order valence-electron chi connectivity index (χ2n) is 3.65. The third-order valence-corrected chi connectivity index (χ3v) is 3.40. The number of aromatic nitrogens is 1. The van der Waals surface area contributed by atoms with E-state index in [2.05, 4.69) is 4.98 Å². The van der Waals surface area contributed by atoms with Crippen LogP contribution in [-0.2, 0) is 5.60 Å². The molecule has 3 N–H and O–H groups in total. The van der Waals surface area contributed by atoms with E-state index in [9.17, 15) is 5.11 Å². The molecule has 1 heterocycles. The van der Waals surface area contributed by atoms with Crippen molar-refractivity contribution >= 4 is 11.3 Å². The number of nitrogens with zero attached hydrogens (tertiary/aromatic N) is 1. The van der Waals surface area contributed by atoms with Crippen molar-refractivity contribution in [2.24, 2.45) is 11.7 Å². The first-order chi connectivity index (χ1) is 6.16. The van der Waals surface area contributed by atoms with Gasteiger partial charge in [-0.25, -0.2) is 4.98 Å². The van der Waals surface area contributed by atoms with E-state index in [-0.39, 0.29) is 6.54 Å². The van der Waals surface area contributed by atoms with Gasteiger partial charge in [-0.05, 0) is 25.7 Å². The van der Waals surface area contributed by atoms with E-state index >= 15 is 0 Å². The summed E-state index contributed by atoms with van der Waals surface area (Å²) in [6.45, 7) is 2.22. The van der Waals surface area contributed by atoms with Crippen LogP contribution in [0, 0.1) is 12.8 Å². The molecule has 2 rings (SSSR count). The second-order valence-corrected chi connectivity index (χ2v) is 4.72. The summed E-state index contributed by atoms with van der Waals surface area (Å²) in [5, 5.41) is 13.2. The fourth-order valence-electron chi connectivity index (χ4n) is 1.60. The number of rotatable bonds is 3. The molecular weight excluding hydrogens is 184 g/mol. The first-order valence-corrected chi connectivity index (χ1v) is 5.40. The maximum absolute atomic E-state index is 10.3. The summed E-state index contributed by atoms with van der Waals surface area (Å²) in [6, 6.07) is 0. The predicted octanol–water partition coefficient (Wildman–Crippen LogP) is 1.01. The average molecular weight is 198 g/mol. The Morgan fingerprint density at radius 3 is 2.85 bits per heavy atom. The average Bonchev–Trinajstić information content (AvgIpc) is 2.89. The number of thiazole rings is 1. The van der Waals surface area contributed by atoms with E-state index < -0.39 is 5.60 Å². The molecule has 0 aromatic carbocycles. The zero-order valence-electron chi connectivity index (χ0n) is 7.66. The summed E-state index contributed by atoms with van der Waals surface area (Å²) < 4.78 is 0. The molecule has 1 atom stereocenters. The van der Waals surface area contributed by atoms with Crippen molar-refractivity contribution < 1.29 is 5.11 Å². The van der Waals surface area contributed by atoms with Crippen molar-refractivity contribution in [1.82, 2.24) is 4.98 Å². The molecule has 0 bridgehead atoms. The molecule has 72 valence electrons. The SMILES string of the molecule is Cc1nc(C(O)(CN)C2CC2)cs1. The summed E-state index contributed by atoms with van der Waals surface area (Å²) in [4.78, 5) is 4.30. The molecule has 4 heteroatoms. The van der Waals surface area contributed by atoms with Crippen LogP contribution in [0.5, 0.6) is 0 Å². The lowest BCUT2D eigenvalue weighted by Gasteiger charge is -2.24.